The second kappa shape index (κ2) is 2.38. The van der Waals surface area contributed by atoms with Gasteiger partial charge in [0.1, 0.15) is 5.69 Å². The van der Waals surface area contributed by atoms with Crippen molar-refractivity contribution in [3.05, 3.63) is 11.9 Å². The molecule has 1 heterocycles. The van der Waals surface area contributed by atoms with E-state index in [0.29, 0.717) is 0 Å². The maximum atomic E-state index is 10.6. The van der Waals surface area contributed by atoms with E-state index in [1.165, 1.54) is 13.1 Å². The van der Waals surface area contributed by atoms with E-state index in [1.54, 1.807) is 0 Å². The Morgan fingerprint density at radius 2 is 2.30 bits per heavy atom. The third-order valence-corrected chi connectivity index (χ3v) is 0.940. The smallest absolute Gasteiger partial charge is 0.240 e. The summed E-state index contributed by atoms with van der Waals surface area (Å²) in [6.07, 6.45) is 1.30. The van der Waals surface area contributed by atoms with Crippen LogP contribution in [0.1, 0.15) is 17.4 Å². The average molecular weight is 138 g/mol. The fourth-order valence-corrected chi connectivity index (χ4v) is 0.445. The molecule has 0 aliphatic heterocycles. The van der Waals surface area contributed by atoms with Crippen molar-refractivity contribution in [2.45, 2.75) is 6.92 Å². The van der Waals surface area contributed by atoms with E-state index < -0.39 is 0 Å². The molecule has 0 atom stereocenters. The van der Waals surface area contributed by atoms with Crippen LogP contribution in [-0.4, -0.2) is 21.0 Å². The van der Waals surface area contributed by atoms with E-state index in [4.69, 9.17) is 5.73 Å². The van der Waals surface area contributed by atoms with Crippen molar-refractivity contribution in [1.82, 2.24) is 15.2 Å². The number of anilines is 1. The number of carbonyl (C=O) groups excluding carboxylic acids is 1. The first-order chi connectivity index (χ1) is 4.70. The van der Waals surface area contributed by atoms with Crippen LogP contribution in [0.25, 0.3) is 0 Å². The lowest BCUT2D eigenvalue weighted by Gasteiger charge is -1.90. The number of ketones is 1. The van der Waals surface area contributed by atoms with Gasteiger partial charge >= 0.3 is 0 Å². The van der Waals surface area contributed by atoms with Crippen LogP contribution >= 0.6 is 0 Å². The van der Waals surface area contributed by atoms with Gasteiger partial charge in [0.15, 0.2) is 5.78 Å². The molecule has 0 unspecified atom stereocenters. The van der Waals surface area contributed by atoms with Crippen LogP contribution < -0.4 is 5.73 Å². The highest BCUT2D eigenvalue weighted by Crippen LogP contribution is 1.91. The van der Waals surface area contributed by atoms with Gasteiger partial charge in [-0.25, -0.2) is 4.98 Å². The molecule has 1 rings (SSSR count). The Morgan fingerprint density at radius 1 is 1.60 bits per heavy atom. The highest BCUT2D eigenvalue weighted by Gasteiger charge is 2.00. The summed E-state index contributed by atoms with van der Waals surface area (Å²) in [6, 6.07) is 0. The Kier molecular flexibility index (Phi) is 1.57. The number of nitrogens with zero attached hydrogens (tertiary/aromatic N) is 3. The number of hydrogen-bond donors (Lipinski definition) is 1. The molecule has 0 saturated heterocycles. The zero-order chi connectivity index (χ0) is 7.56. The summed E-state index contributed by atoms with van der Waals surface area (Å²) in [5, 5.41) is 6.89. The number of nitrogen functional groups attached to an aromatic ring is 1. The molecule has 0 saturated carbocycles. The first kappa shape index (κ1) is 6.60. The van der Waals surface area contributed by atoms with E-state index in [1.807, 2.05) is 0 Å². The van der Waals surface area contributed by atoms with Gasteiger partial charge in [0, 0.05) is 6.92 Å². The Labute approximate surface area is 57.3 Å². The van der Waals surface area contributed by atoms with Crippen molar-refractivity contribution in [1.29, 1.82) is 0 Å². The monoisotopic (exact) mass is 138 g/mol. The van der Waals surface area contributed by atoms with Gasteiger partial charge in [0.2, 0.25) is 5.95 Å². The number of nitrogens with two attached hydrogens (primary N) is 1. The Bertz CT molecular complexity index is 242. The molecule has 0 aliphatic rings. The summed E-state index contributed by atoms with van der Waals surface area (Å²) in [4.78, 5) is 14.2. The average Bonchev–Trinajstić information content (AvgIpc) is 1.88. The van der Waals surface area contributed by atoms with Crippen LogP contribution in [0.3, 0.4) is 0 Å². The summed E-state index contributed by atoms with van der Waals surface area (Å²) in [5.74, 6) is -0.0926. The molecular weight excluding hydrogens is 132 g/mol. The van der Waals surface area contributed by atoms with Crippen molar-refractivity contribution >= 4 is 11.7 Å². The SMILES string of the molecule is CC(=O)c1cnc(N)nn1. The maximum Gasteiger partial charge on any atom is 0.240 e. The Balaban J connectivity index is 3.00. The van der Waals surface area contributed by atoms with Crippen LogP contribution in [0.15, 0.2) is 6.20 Å². The van der Waals surface area contributed by atoms with E-state index in [0.717, 1.165) is 0 Å². The number of Topliss-reactive ketones (excluding diaryl/α,β-unsaturated/α-hetero) is 1. The maximum absolute atomic E-state index is 10.6. The van der Waals surface area contributed by atoms with Gasteiger partial charge in [-0.3, -0.25) is 4.79 Å². The van der Waals surface area contributed by atoms with E-state index in [9.17, 15) is 4.79 Å². The molecule has 1 aromatic heterocycles. The van der Waals surface area contributed by atoms with Gasteiger partial charge in [0.05, 0.1) is 6.20 Å². The minimum absolute atomic E-state index is 0.0741. The molecule has 0 radical (unpaired) electrons. The minimum atomic E-state index is -0.167. The van der Waals surface area contributed by atoms with Crippen molar-refractivity contribution in [2.75, 3.05) is 5.73 Å². The third-order valence-electron chi connectivity index (χ3n) is 0.940. The molecule has 5 nitrogen and oxygen atoms in total. The summed E-state index contributed by atoms with van der Waals surface area (Å²) >= 11 is 0. The second-order valence-corrected chi connectivity index (χ2v) is 1.76. The standard InChI is InChI=1S/C5H6N4O/c1-3(10)4-2-7-5(6)9-8-4/h2H,1H3,(H2,6,7,9). The van der Waals surface area contributed by atoms with Crippen LogP contribution in [-0.2, 0) is 0 Å². The van der Waals surface area contributed by atoms with Crippen molar-refractivity contribution in [2.24, 2.45) is 0 Å². The van der Waals surface area contributed by atoms with Crippen molar-refractivity contribution in [3.8, 4) is 0 Å². The highest BCUT2D eigenvalue weighted by atomic mass is 16.1. The predicted molar refractivity (Wildman–Crippen MR) is 34.2 cm³/mol. The first-order valence-corrected chi connectivity index (χ1v) is 2.66. The molecule has 1 aromatic rings. The highest BCUT2D eigenvalue weighted by molar-refractivity contribution is 5.91. The zero-order valence-corrected chi connectivity index (χ0v) is 5.40. The Morgan fingerprint density at radius 3 is 2.70 bits per heavy atom. The second-order valence-electron chi connectivity index (χ2n) is 1.76. The van der Waals surface area contributed by atoms with Gasteiger partial charge < -0.3 is 5.73 Å². The van der Waals surface area contributed by atoms with Gasteiger partial charge in [0.25, 0.3) is 0 Å². The number of hydrogen-bond acceptors (Lipinski definition) is 5. The van der Waals surface area contributed by atoms with E-state index in [-0.39, 0.29) is 17.4 Å². The molecule has 5 heteroatoms. The molecule has 0 aliphatic carbocycles. The minimum Gasteiger partial charge on any atom is -0.366 e. The fourth-order valence-electron chi connectivity index (χ4n) is 0.445. The number of rotatable bonds is 1. The van der Waals surface area contributed by atoms with Gasteiger partial charge in [-0.2, -0.15) is 0 Å². The van der Waals surface area contributed by atoms with Crippen LogP contribution in [0, 0.1) is 0 Å². The quantitative estimate of drug-likeness (QED) is 0.536. The Hall–Kier alpha value is -1.52. The molecule has 0 amide bonds. The molecule has 52 valence electrons. The molecule has 10 heavy (non-hydrogen) atoms. The molecule has 0 aromatic carbocycles. The van der Waals surface area contributed by atoms with Gasteiger partial charge in [-0.1, -0.05) is 0 Å². The van der Waals surface area contributed by atoms with Crippen LogP contribution in [0.4, 0.5) is 5.95 Å². The molecule has 0 fully saturated rings. The fraction of sp³-hybridized carbons (Fsp3) is 0.200. The third kappa shape index (κ3) is 1.25. The zero-order valence-electron chi connectivity index (χ0n) is 5.40. The lowest BCUT2D eigenvalue weighted by atomic mass is 10.3. The molecule has 0 bridgehead atoms. The summed E-state index contributed by atoms with van der Waals surface area (Å²) < 4.78 is 0. The summed E-state index contributed by atoms with van der Waals surface area (Å²) in [7, 11) is 0. The first-order valence-electron chi connectivity index (χ1n) is 2.66. The molecule has 2 N–H and O–H groups in total. The summed E-state index contributed by atoms with van der Waals surface area (Å²) in [6.45, 7) is 1.39. The van der Waals surface area contributed by atoms with Crippen LogP contribution in [0.2, 0.25) is 0 Å². The van der Waals surface area contributed by atoms with Crippen LogP contribution in [0.5, 0.6) is 0 Å². The topological polar surface area (TPSA) is 81.8 Å². The summed E-state index contributed by atoms with van der Waals surface area (Å²) in [5.41, 5.74) is 5.36. The predicted octanol–water partition coefficient (Wildman–Crippen LogP) is -0.344. The van der Waals surface area contributed by atoms with Gasteiger partial charge in [-0.15, -0.1) is 10.2 Å². The van der Waals surface area contributed by atoms with E-state index >= 15 is 0 Å². The molecule has 0 spiro atoms. The van der Waals surface area contributed by atoms with Gasteiger partial charge in [-0.05, 0) is 0 Å². The van der Waals surface area contributed by atoms with E-state index in [2.05, 4.69) is 15.2 Å². The lowest BCUT2D eigenvalue weighted by molar-refractivity contribution is 0.101. The number of aromatic nitrogens is 3. The molecular formula is C5H6N4O. The van der Waals surface area contributed by atoms with Crippen molar-refractivity contribution in [3.63, 3.8) is 0 Å². The lowest BCUT2D eigenvalue weighted by Crippen LogP contribution is -2.03. The number of carbonyl (C=O) groups is 1. The normalized spacial score (nSPS) is 9.30. The largest absolute Gasteiger partial charge is 0.366 e. The van der Waals surface area contributed by atoms with Crippen molar-refractivity contribution < 1.29 is 4.79 Å².